The predicted molar refractivity (Wildman–Crippen MR) is 126 cm³/mol. The van der Waals surface area contributed by atoms with Gasteiger partial charge in [-0.3, -0.25) is 9.59 Å². The Hall–Kier alpha value is -2.82. The zero-order valence-corrected chi connectivity index (χ0v) is 19.9. The van der Waals surface area contributed by atoms with Crippen LogP contribution >= 0.6 is 0 Å². The molecule has 0 aromatic heterocycles. The topological polar surface area (TPSA) is 66.8 Å². The molecule has 0 aliphatic carbocycles. The molecule has 1 N–H and O–H groups in total. The molecule has 0 saturated carbocycles. The van der Waals surface area contributed by atoms with E-state index in [9.17, 15) is 9.59 Å². The fraction of sp³-hybridized carbons (Fsp3) is 0.481. The fourth-order valence-electron chi connectivity index (χ4n) is 4.34. The standard InChI is InChI=1S/C27H35NO4/c1-18(2)17-28(13-12-25(29)30)26(31)22-10-11-24-23(14-22)16-27(5,32-24)15-20-6-8-21(9-7-20)19(3)4/h6-11,14,18-19H,12-13,15-17H2,1-5H3,(H,29,30). The molecule has 1 heterocycles. The van der Waals surface area contributed by atoms with Crippen LogP contribution in [0.15, 0.2) is 42.5 Å². The van der Waals surface area contributed by atoms with Crippen LogP contribution in [-0.2, 0) is 17.6 Å². The Morgan fingerprint density at radius 1 is 1.09 bits per heavy atom. The van der Waals surface area contributed by atoms with Gasteiger partial charge < -0.3 is 14.7 Å². The minimum absolute atomic E-state index is 0.0554. The van der Waals surface area contributed by atoms with E-state index < -0.39 is 5.97 Å². The predicted octanol–water partition coefficient (Wildman–Crippen LogP) is 5.32. The number of carboxylic acids is 1. The number of rotatable bonds is 9. The van der Waals surface area contributed by atoms with Gasteiger partial charge in [0.2, 0.25) is 0 Å². The first kappa shape index (κ1) is 23.8. The number of fused-ring (bicyclic) bond motifs is 1. The van der Waals surface area contributed by atoms with Crippen LogP contribution in [0.4, 0.5) is 0 Å². The van der Waals surface area contributed by atoms with E-state index in [2.05, 4.69) is 45.0 Å². The monoisotopic (exact) mass is 437 g/mol. The Bertz CT molecular complexity index is 964. The molecule has 1 amide bonds. The first-order valence-corrected chi connectivity index (χ1v) is 11.5. The van der Waals surface area contributed by atoms with Gasteiger partial charge in [0.05, 0.1) is 6.42 Å². The maximum atomic E-state index is 13.1. The van der Waals surface area contributed by atoms with Crippen LogP contribution in [0, 0.1) is 5.92 Å². The summed E-state index contributed by atoms with van der Waals surface area (Å²) in [5, 5.41) is 9.04. The zero-order valence-electron chi connectivity index (χ0n) is 19.9. The molecule has 0 bridgehead atoms. The van der Waals surface area contributed by atoms with E-state index in [1.54, 1.807) is 11.0 Å². The van der Waals surface area contributed by atoms with E-state index in [4.69, 9.17) is 9.84 Å². The maximum absolute atomic E-state index is 13.1. The van der Waals surface area contributed by atoms with Gasteiger partial charge in [-0.2, -0.15) is 0 Å². The average molecular weight is 438 g/mol. The molecule has 3 rings (SSSR count). The molecule has 5 nitrogen and oxygen atoms in total. The zero-order chi connectivity index (χ0) is 23.5. The van der Waals surface area contributed by atoms with Crippen molar-refractivity contribution in [3.05, 3.63) is 64.7 Å². The highest BCUT2D eigenvalue weighted by atomic mass is 16.5. The van der Waals surface area contributed by atoms with Gasteiger partial charge in [-0.15, -0.1) is 0 Å². The van der Waals surface area contributed by atoms with Crippen molar-refractivity contribution in [3.8, 4) is 5.75 Å². The number of nitrogens with zero attached hydrogens (tertiary/aromatic N) is 1. The first-order valence-electron chi connectivity index (χ1n) is 11.5. The van der Waals surface area contributed by atoms with Crippen LogP contribution in [0.5, 0.6) is 5.75 Å². The molecule has 1 aliphatic rings. The second-order valence-corrected chi connectivity index (χ2v) is 9.91. The van der Waals surface area contributed by atoms with Gasteiger partial charge in [0, 0.05) is 31.5 Å². The van der Waals surface area contributed by atoms with Crippen molar-refractivity contribution in [3.63, 3.8) is 0 Å². The summed E-state index contributed by atoms with van der Waals surface area (Å²) in [5.41, 5.74) is 3.82. The van der Waals surface area contributed by atoms with E-state index >= 15 is 0 Å². The maximum Gasteiger partial charge on any atom is 0.305 e. The lowest BCUT2D eigenvalue weighted by molar-refractivity contribution is -0.137. The summed E-state index contributed by atoms with van der Waals surface area (Å²) in [6, 6.07) is 14.3. The van der Waals surface area contributed by atoms with Crippen molar-refractivity contribution in [1.82, 2.24) is 4.90 Å². The molecule has 172 valence electrons. The summed E-state index contributed by atoms with van der Waals surface area (Å²) in [6.45, 7) is 11.3. The highest BCUT2D eigenvalue weighted by Crippen LogP contribution is 2.37. The summed E-state index contributed by atoms with van der Waals surface area (Å²) >= 11 is 0. The molecule has 0 saturated heterocycles. The molecule has 0 radical (unpaired) electrons. The Kier molecular flexibility index (Phi) is 7.27. The van der Waals surface area contributed by atoms with Crippen LogP contribution in [0.25, 0.3) is 0 Å². The van der Waals surface area contributed by atoms with Gasteiger partial charge in [0.25, 0.3) is 5.91 Å². The smallest absolute Gasteiger partial charge is 0.305 e. The number of ether oxygens (including phenoxy) is 1. The van der Waals surface area contributed by atoms with Crippen LogP contribution in [-0.4, -0.2) is 40.6 Å². The Morgan fingerprint density at radius 2 is 1.78 bits per heavy atom. The van der Waals surface area contributed by atoms with E-state index in [-0.39, 0.29) is 30.4 Å². The third-order valence-electron chi connectivity index (χ3n) is 5.92. The van der Waals surface area contributed by atoms with E-state index in [0.29, 0.717) is 18.0 Å². The summed E-state index contributed by atoms with van der Waals surface area (Å²) in [4.78, 5) is 25.8. The number of carbonyl (C=O) groups is 2. The van der Waals surface area contributed by atoms with Gasteiger partial charge in [0.1, 0.15) is 11.4 Å². The number of aliphatic carboxylic acids is 1. The normalized spacial score (nSPS) is 17.3. The Morgan fingerprint density at radius 3 is 2.38 bits per heavy atom. The molecule has 1 atom stereocenters. The molecule has 1 aliphatic heterocycles. The van der Waals surface area contributed by atoms with Crippen molar-refractivity contribution in [1.29, 1.82) is 0 Å². The lowest BCUT2D eigenvalue weighted by Gasteiger charge is -2.24. The second-order valence-electron chi connectivity index (χ2n) is 9.91. The lowest BCUT2D eigenvalue weighted by Crippen LogP contribution is -2.36. The van der Waals surface area contributed by atoms with Crippen molar-refractivity contribution in [2.24, 2.45) is 5.92 Å². The molecule has 1 unspecified atom stereocenters. The fourth-order valence-corrected chi connectivity index (χ4v) is 4.34. The lowest BCUT2D eigenvalue weighted by atomic mass is 9.90. The SMILES string of the molecule is CC(C)CN(CCC(=O)O)C(=O)c1ccc2c(c1)CC(C)(Cc1ccc(C(C)C)cc1)O2. The van der Waals surface area contributed by atoms with Crippen LogP contribution in [0.2, 0.25) is 0 Å². The van der Waals surface area contributed by atoms with Crippen molar-refractivity contribution >= 4 is 11.9 Å². The highest BCUT2D eigenvalue weighted by Gasteiger charge is 2.35. The molecule has 5 heteroatoms. The molecule has 0 spiro atoms. The molecule has 0 fully saturated rings. The highest BCUT2D eigenvalue weighted by molar-refractivity contribution is 5.95. The van der Waals surface area contributed by atoms with Crippen molar-refractivity contribution in [2.75, 3.05) is 13.1 Å². The van der Waals surface area contributed by atoms with E-state index in [1.807, 2.05) is 26.0 Å². The van der Waals surface area contributed by atoms with Gasteiger partial charge >= 0.3 is 5.97 Å². The van der Waals surface area contributed by atoms with Crippen molar-refractivity contribution < 1.29 is 19.4 Å². The molecular formula is C27H35NO4. The number of carbonyl (C=O) groups excluding carboxylic acids is 1. The number of hydrogen-bond acceptors (Lipinski definition) is 3. The molecule has 32 heavy (non-hydrogen) atoms. The second kappa shape index (κ2) is 9.76. The molecule has 2 aromatic carbocycles. The van der Waals surface area contributed by atoms with Crippen molar-refractivity contribution in [2.45, 2.75) is 65.4 Å². The van der Waals surface area contributed by atoms with E-state index in [0.717, 1.165) is 24.2 Å². The van der Waals surface area contributed by atoms with Gasteiger partial charge in [-0.1, -0.05) is 52.0 Å². The minimum atomic E-state index is -0.897. The number of benzene rings is 2. The van der Waals surface area contributed by atoms with Gasteiger partial charge in [-0.05, 0) is 53.6 Å². The number of amides is 1. The number of hydrogen-bond donors (Lipinski definition) is 1. The minimum Gasteiger partial charge on any atom is -0.487 e. The number of carboxylic acid groups (broad SMARTS) is 1. The van der Waals surface area contributed by atoms with Gasteiger partial charge in [-0.25, -0.2) is 0 Å². The Labute approximate surface area is 191 Å². The van der Waals surface area contributed by atoms with Crippen LogP contribution < -0.4 is 4.74 Å². The average Bonchev–Trinajstić information content (AvgIpc) is 3.05. The summed E-state index contributed by atoms with van der Waals surface area (Å²) in [5.74, 6) is 0.569. The van der Waals surface area contributed by atoms with Crippen LogP contribution in [0.1, 0.15) is 74.0 Å². The third-order valence-corrected chi connectivity index (χ3v) is 5.92. The first-order chi connectivity index (χ1) is 15.1. The third kappa shape index (κ3) is 5.90. The summed E-state index contributed by atoms with van der Waals surface area (Å²) in [6.07, 6.45) is 1.47. The summed E-state index contributed by atoms with van der Waals surface area (Å²) in [7, 11) is 0. The van der Waals surface area contributed by atoms with E-state index in [1.165, 1.54) is 11.1 Å². The molecular weight excluding hydrogens is 402 g/mol. The quantitative estimate of drug-likeness (QED) is 0.577. The largest absolute Gasteiger partial charge is 0.487 e. The summed E-state index contributed by atoms with van der Waals surface area (Å²) < 4.78 is 6.31. The van der Waals surface area contributed by atoms with Gasteiger partial charge in [0.15, 0.2) is 0 Å². The molecule has 2 aromatic rings. The Balaban J connectivity index is 1.73. The van der Waals surface area contributed by atoms with Crippen LogP contribution in [0.3, 0.4) is 0 Å².